The van der Waals surface area contributed by atoms with Crippen LogP contribution in [0.1, 0.15) is 406 Å². The van der Waals surface area contributed by atoms with Crippen LogP contribution in [0.25, 0.3) is 0 Å². The first-order chi connectivity index (χ1) is 45.0. The molecule has 0 amide bonds. The first-order valence-corrected chi connectivity index (χ1v) is 36.3. The minimum atomic E-state index is 0.469. The zero-order valence-corrected chi connectivity index (χ0v) is 66.4. The van der Waals surface area contributed by atoms with Gasteiger partial charge in [-0.2, -0.15) is 10.2 Å². The monoisotopic (exact) mass is 1310 g/mol. The van der Waals surface area contributed by atoms with E-state index in [9.17, 15) is 0 Å². The van der Waals surface area contributed by atoms with Crippen LogP contribution in [0.3, 0.4) is 0 Å². The third-order valence-electron chi connectivity index (χ3n) is 16.4. The topological polar surface area (TPSA) is 129 Å². The van der Waals surface area contributed by atoms with Crippen LogP contribution < -0.4 is 0 Å². The van der Waals surface area contributed by atoms with Gasteiger partial charge in [0, 0.05) is 78.5 Å². The summed E-state index contributed by atoms with van der Waals surface area (Å²) in [6.07, 6.45) is 20.3. The number of pyridine rings is 4. The average Bonchev–Trinajstić information content (AvgIpc) is 1.26. The fraction of sp³-hybridized carbons (Fsp3) is 0.558. The molecule has 0 radical (unpaired) electrons. The molecule has 0 unspecified atom stereocenters. The Bertz CT molecular complexity index is 2460. The first-order valence-electron chi connectivity index (χ1n) is 36.3. The fourth-order valence-electron chi connectivity index (χ4n) is 11.1. The van der Waals surface area contributed by atoms with E-state index in [1.54, 1.807) is 18.9 Å². The van der Waals surface area contributed by atoms with Gasteiger partial charge in [-0.3, -0.25) is 19.9 Å². The molecule has 0 spiro atoms. The Kier molecular flexibility index (Phi) is 41.3. The van der Waals surface area contributed by atoms with Crippen LogP contribution in [0, 0.1) is 0 Å². The molecule has 0 fully saturated rings. The van der Waals surface area contributed by atoms with Crippen LogP contribution >= 0.6 is 0 Å². The minimum Gasteiger partial charge on any atom is -0.264 e. The maximum absolute atomic E-state index is 4.40. The van der Waals surface area contributed by atoms with Gasteiger partial charge in [0.1, 0.15) is 12.7 Å². The van der Waals surface area contributed by atoms with E-state index in [4.69, 9.17) is 0 Å². The van der Waals surface area contributed by atoms with E-state index in [0.29, 0.717) is 94.7 Å². The molecule has 0 aliphatic carbocycles. The zero-order valence-electron chi connectivity index (χ0n) is 66.4. The smallest absolute Gasteiger partial charge is 0.115 e. The molecule has 10 nitrogen and oxygen atoms in total. The van der Waals surface area contributed by atoms with E-state index < -0.39 is 0 Å². The predicted molar refractivity (Wildman–Crippen MR) is 415 cm³/mol. The molecule has 0 aliphatic heterocycles. The van der Waals surface area contributed by atoms with Crippen molar-refractivity contribution in [2.45, 2.75) is 316 Å². The van der Waals surface area contributed by atoms with Crippen LogP contribution in [-0.2, 0) is 0 Å². The maximum atomic E-state index is 4.40. The summed E-state index contributed by atoms with van der Waals surface area (Å²) in [6.45, 7) is 70.3. The summed E-state index contributed by atoms with van der Waals surface area (Å²) < 4.78 is 0. The largest absolute Gasteiger partial charge is 0.264 e. The summed E-state index contributed by atoms with van der Waals surface area (Å²) in [6, 6.07) is 23.4. The summed E-state index contributed by atoms with van der Waals surface area (Å²) in [4.78, 5) is 33.7. The quantitative estimate of drug-likeness (QED) is 0.0922. The summed E-state index contributed by atoms with van der Waals surface area (Å²) in [7, 11) is 0. The molecule has 0 atom stereocenters. The predicted octanol–water partition coefficient (Wildman–Crippen LogP) is 25.4. The second-order valence-electron chi connectivity index (χ2n) is 30.2. The van der Waals surface area contributed by atoms with Gasteiger partial charge in [0.05, 0.1) is 5.69 Å². The lowest BCUT2D eigenvalue weighted by Crippen LogP contribution is -2.02. The van der Waals surface area contributed by atoms with Crippen molar-refractivity contribution in [3.05, 3.63) is 225 Å². The van der Waals surface area contributed by atoms with Gasteiger partial charge in [0.2, 0.25) is 0 Å². The normalized spacial score (nSPS) is 11.2. The Morgan fingerprint density at radius 2 is 0.427 bits per heavy atom. The van der Waals surface area contributed by atoms with Gasteiger partial charge in [-0.05, 0) is 186 Å². The lowest BCUT2D eigenvalue weighted by atomic mass is 9.91. The summed E-state index contributed by atoms with van der Waals surface area (Å²) in [5, 5.41) is 8.05. The maximum Gasteiger partial charge on any atom is 0.115 e. The van der Waals surface area contributed by atoms with Gasteiger partial charge in [-0.25, -0.2) is 19.9 Å². The molecule has 8 aromatic rings. The van der Waals surface area contributed by atoms with E-state index >= 15 is 0 Å². The van der Waals surface area contributed by atoms with Crippen LogP contribution in [0.4, 0.5) is 0 Å². The molecule has 7 heterocycles. The van der Waals surface area contributed by atoms with Crippen LogP contribution in [0.2, 0.25) is 0 Å². The van der Waals surface area contributed by atoms with Gasteiger partial charge in [-0.15, -0.1) is 0 Å². The SMILES string of the molecule is CC(C)c1ccccc1C(C)C.CC(C)c1cccnc1C(C)C.CC(C)c1cccnc1C(C)C.CC(C)c1ccncc1C(C)C.CC(C)c1ccncc1C(C)C.CC(C)c1ccnnc1C(C)C.CC(C)c1cncnc1C(C)C.CC(C)c1cncnc1C(C)C. The highest BCUT2D eigenvalue weighted by atomic mass is 15.1. The Morgan fingerprint density at radius 1 is 0.188 bits per heavy atom. The molecule has 0 saturated heterocycles. The van der Waals surface area contributed by atoms with Crippen LogP contribution in [-0.4, -0.2) is 50.1 Å². The Hall–Kier alpha value is -6.94. The first kappa shape index (κ1) is 87.1. The molecule has 8 rings (SSSR count). The molecular weight excluding hydrogens is 1170 g/mol. The summed E-state index contributed by atoms with van der Waals surface area (Å²) >= 11 is 0. The number of nitrogens with zero attached hydrogens (tertiary/aromatic N) is 10. The molecular formula is C86H134N10. The average molecular weight is 1310 g/mol. The van der Waals surface area contributed by atoms with Crippen molar-refractivity contribution in [2.24, 2.45) is 0 Å². The highest BCUT2D eigenvalue weighted by Gasteiger charge is 2.16. The van der Waals surface area contributed by atoms with Gasteiger partial charge >= 0.3 is 0 Å². The molecule has 528 valence electrons. The van der Waals surface area contributed by atoms with E-state index in [1.165, 1.54) is 84.0 Å². The van der Waals surface area contributed by atoms with Crippen molar-refractivity contribution in [2.75, 3.05) is 0 Å². The van der Waals surface area contributed by atoms with Crippen molar-refractivity contribution in [3.63, 3.8) is 0 Å². The lowest BCUT2D eigenvalue weighted by Gasteiger charge is -2.14. The van der Waals surface area contributed by atoms with E-state index in [2.05, 4.69) is 326 Å². The molecule has 0 N–H and O–H groups in total. The minimum absolute atomic E-state index is 0.469. The highest BCUT2D eigenvalue weighted by Crippen LogP contribution is 2.30. The third kappa shape index (κ3) is 30.6. The zero-order chi connectivity index (χ0) is 73.1. The van der Waals surface area contributed by atoms with Gasteiger partial charge in [0.25, 0.3) is 0 Å². The Balaban J connectivity index is 0.000000549. The number of rotatable bonds is 16. The molecule has 0 saturated carbocycles. The molecule has 1 aromatic carbocycles. The number of hydrogen-bond acceptors (Lipinski definition) is 10. The summed E-state index contributed by atoms with van der Waals surface area (Å²) in [5.41, 5.74) is 21.2. The number of hydrogen-bond donors (Lipinski definition) is 0. The van der Waals surface area contributed by atoms with Crippen molar-refractivity contribution < 1.29 is 0 Å². The molecule has 0 aliphatic rings. The van der Waals surface area contributed by atoms with Crippen molar-refractivity contribution in [1.29, 1.82) is 0 Å². The Labute approximate surface area is 588 Å². The molecule has 96 heavy (non-hydrogen) atoms. The number of benzene rings is 1. The molecule has 0 bridgehead atoms. The van der Waals surface area contributed by atoms with E-state index in [0.717, 1.165) is 5.69 Å². The van der Waals surface area contributed by atoms with Crippen molar-refractivity contribution in [3.8, 4) is 0 Å². The number of aromatic nitrogens is 10. The fourth-order valence-corrected chi connectivity index (χ4v) is 11.1. The molecule has 7 aromatic heterocycles. The van der Waals surface area contributed by atoms with Crippen LogP contribution in [0.15, 0.2) is 135 Å². The molecule has 10 heteroatoms. The summed E-state index contributed by atoms with van der Waals surface area (Å²) in [5.74, 6) is 8.89. The van der Waals surface area contributed by atoms with Gasteiger partial charge in [0.15, 0.2) is 0 Å². The van der Waals surface area contributed by atoms with E-state index in [1.807, 2.05) is 61.7 Å². The van der Waals surface area contributed by atoms with Crippen molar-refractivity contribution in [1.82, 2.24) is 50.1 Å². The van der Waals surface area contributed by atoms with Crippen LogP contribution in [0.5, 0.6) is 0 Å². The highest BCUT2D eigenvalue weighted by molar-refractivity contribution is 5.33. The van der Waals surface area contributed by atoms with Gasteiger partial charge < -0.3 is 0 Å². The lowest BCUT2D eigenvalue weighted by molar-refractivity contribution is 0.729. The third-order valence-corrected chi connectivity index (χ3v) is 16.4. The van der Waals surface area contributed by atoms with Gasteiger partial charge in [-0.1, -0.05) is 258 Å². The van der Waals surface area contributed by atoms with Crippen molar-refractivity contribution >= 4 is 0 Å². The Morgan fingerprint density at radius 3 is 0.667 bits per heavy atom. The second kappa shape index (κ2) is 45.5. The second-order valence-corrected chi connectivity index (χ2v) is 30.2. The standard InChI is InChI=1S/C12H18.4C11H17N.3C10H16N2/c1-9(2)11-7-5-6-8-12(11)10(3)4;2*1-8(2)10-5-6-12-7-11(10)9(3)4;2*1-8(2)10-6-5-7-12-11(10)9(3)4;2*1-7(2)9-5-11-6-12-10(9)8(3)4;1-7(2)9-5-6-11-12-10(9)8(3)4/h5-10H,1-4H3;4*5-9H,1-4H3;3*5-8H,1-4H3. The van der Waals surface area contributed by atoms with E-state index in [-0.39, 0.29) is 0 Å².